The summed E-state index contributed by atoms with van der Waals surface area (Å²) in [6.45, 7) is 10.6. The fraction of sp³-hybridized carbons (Fsp3) is 0.571. The maximum Gasteiger partial charge on any atom is 0.145 e. The van der Waals surface area contributed by atoms with Crippen LogP contribution < -0.4 is 9.64 Å². The molecule has 2 fully saturated rings. The first kappa shape index (κ1) is 15.7. The molecule has 1 saturated heterocycles. The average Bonchev–Trinajstić information content (AvgIpc) is 2.75. The minimum atomic E-state index is 0.414. The van der Waals surface area contributed by atoms with E-state index >= 15 is 0 Å². The Labute approximate surface area is 145 Å². The lowest BCUT2D eigenvalue weighted by Crippen LogP contribution is -2.35. The number of para-hydroxylation sites is 1. The van der Waals surface area contributed by atoms with E-state index in [1.807, 2.05) is 12.1 Å². The third-order valence-electron chi connectivity index (χ3n) is 5.92. The standard InChI is InChI=1S/C21H28N2O/c1-14-9-18(22-19-16(14)7-6-8-17(19)24-5)23-13-21(4)11-15(23)10-20(2,3)12-21/h6-9,15H,10-13H2,1-5H3/t15-,21-/m0/s1. The van der Waals surface area contributed by atoms with Crippen molar-refractivity contribution in [1.82, 2.24) is 4.98 Å². The highest BCUT2D eigenvalue weighted by Crippen LogP contribution is 2.53. The summed E-state index contributed by atoms with van der Waals surface area (Å²) in [5.74, 6) is 1.99. The van der Waals surface area contributed by atoms with Gasteiger partial charge in [0.25, 0.3) is 0 Å². The number of aromatic nitrogens is 1. The van der Waals surface area contributed by atoms with E-state index in [0.717, 1.165) is 23.6 Å². The Bertz CT molecular complexity index is 798. The van der Waals surface area contributed by atoms with Crippen molar-refractivity contribution in [3.05, 3.63) is 29.8 Å². The van der Waals surface area contributed by atoms with Crippen LogP contribution in [-0.2, 0) is 0 Å². The molecule has 1 aliphatic carbocycles. The zero-order valence-corrected chi connectivity index (χ0v) is 15.5. The van der Waals surface area contributed by atoms with Crippen molar-refractivity contribution >= 4 is 16.7 Å². The molecule has 0 unspecified atom stereocenters. The Hall–Kier alpha value is -1.77. The van der Waals surface area contributed by atoms with Crippen molar-refractivity contribution in [2.45, 2.75) is 53.0 Å². The molecule has 2 aromatic rings. The van der Waals surface area contributed by atoms with Crippen molar-refractivity contribution in [2.24, 2.45) is 10.8 Å². The van der Waals surface area contributed by atoms with Crippen molar-refractivity contribution < 1.29 is 4.74 Å². The highest BCUT2D eigenvalue weighted by Gasteiger charge is 2.49. The van der Waals surface area contributed by atoms with Gasteiger partial charge in [0.15, 0.2) is 0 Å². The minimum Gasteiger partial charge on any atom is -0.494 e. The molecule has 0 spiro atoms. The van der Waals surface area contributed by atoms with E-state index in [1.165, 1.54) is 30.2 Å². The number of rotatable bonds is 2. The Kier molecular flexibility index (Phi) is 3.35. The first-order chi connectivity index (χ1) is 11.3. The van der Waals surface area contributed by atoms with E-state index < -0.39 is 0 Å². The van der Waals surface area contributed by atoms with E-state index in [-0.39, 0.29) is 0 Å². The molecule has 0 amide bonds. The molecule has 2 atom stereocenters. The Morgan fingerprint density at radius 3 is 2.75 bits per heavy atom. The lowest BCUT2D eigenvalue weighted by Gasteiger charge is -2.39. The van der Waals surface area contributed by atoms with Gasteiger partial charge in [0, 0.05) is 18.0 Å². The highest BCUT2D eigenvalue weighted by molar-refractivity contribution is 5.89. The fourth-order valence-electron chi connectivity index (χ4n) is 5.41. The molecular weight excluding hydrogens is 296 g/mol. The molecule has 3 nitrogen and oxygen atoms in total. The maximum absolute atomic E-state index is 5.56. The van der Waals surface area contributed by atoms with Gasteiger partial charge in [-0.15, -0.1) is 0 Å². The Morgan fingerprint density at radius 2 is 2.00 bits per heavy atom. The second-order valence-electron chi connectivity index (χ2n) is 9.00. The summed E-state index contributed by atoms with van der Waals surface area (Å²) in [6.07, 6.45) is 3.86. The molecule has 2 heterocycles. The maximum atomic E-state index is 5.56. The summed E-state index contributed by atoms with van der Waals surface area (Å²) in [6, 6.07) is 9.06. The van der Waals surface area contributed by atoms with Crippen LogP contribution >= 0.6 is 0 Å². The molecule has 2 bridgehead atoms. The molecule has 0 N–H and O–H groups in total. The van der Waals surface area contributed by atoms with Crippen molar-refractivity contribution in [3.8, 4) is 5.75 Å². The quantitative estimate of drug-likeness (QED) is 0.781. The molecule has 128 valence electrons. The normalized spacial score (nSPS) is 28.4. The van der Waals surface area contributed by atoms with E-state index in [0.29, 0.717) is 16.9 Å². The third-order valence-corrected chi connectivity index (χ3v) is 5.92. The molecule has 2 aliphatic rings. The number of hydrogen-bond donors (Lipinski definition) is 0. The second kappa shape index (κ2) is 5.11. The van der Waals surface area contributed by atoms with Gasteiger partial charge < -0.3 is 9.64 Å². The first-order valence-corrected chi connectivity index (χ1v) is 9.01. The Balaban J connectivity index is 1.80. The predicted molar refractivity (Wildman–Crippen MR) is 99.9 cm³/mol. The number of fused-ring (bicyclic) bond motifs is 3. The van der Waals surface area contributed by atoms with Gasteiger partial charge >= 0.3 is 0 Å². The largest absolute Gasteiger partial charge is 0.494 e. The van der Waals surface area contributed by atoms with Gasteiger partial charge in [-0.05, 0) is 54.7 Å². The lowest BCUT2D eigenvalue weighted by molar-refractivity contribution is 0.136. The van der Waals surface area contributed by atoms with Crippen LogP contribution in [0.3, 0.4) is 0 Å². The van der Waals surface area contributed by atoms with Crippen molar-refractivity contribution in [2.75, 3.05) is 18.6 Å². The van der Waals surface area contributed by atoms with Crippen LogP contribution in [0.2, 0.25) is 0 Å². The SMILES string of the molecule is COc1cccc2c(C)cc(N3C[C@@]4(C)C[C@@H]3CC(C)(C)C4)nc12. The molecule has 1 aromatic carbocycles. The van der Waals surface area contributed by atoms with Gasteiger partial charge in [-0.1, -0.05) is 32.9 Å². The molecule has 0 radical (unpaired) electrons. The minimum absolute atomic E-state index is 0.414. The summed E-state index contributed by atoms with van der Waals surface area (Å²) < 4.78 is 5.56. The number of benzene rings is 1. The Morgan fingerprint density at radius 1 is 1.21 bits per heavy atom. The summed E-state index contributed by atoms with van der Waals surface area (Å²) in [7, 11) is 1.73. The van der Waals surface area contributed by atoms with E-state index in [9.17, 15) is 0 Å². The second-order valence-corrected chi connectivity index (χ2v) is 9.00. The predicted octanol–water partition coefficient (Wildman–Crippen LogP) is 4.96. The van der Waals surface area contributed by atoms with Gasteiger partial charge in [-0.3, -0.25) is 0 Å². The summed E-state index contributed by atoms with van der Waals surface area (Å²) in [4.78, 5) is 7.59. The zero-order chi connectivity index (χ0) is 17.1. The summed E-state index contributed by atoms with van der Waals surface area (Å²) in [5, 5.41) is 1.19. The number of anilines is 1. The number of methoxy groups -OCH3 is 1. The van der Waals surface area contributed by atoms with Crippen LogP contribution in [0, 0.1) is 17.8 Å². The smallest absolute Gasteiger partial charge is 0.145 e. The molecule has 4 rings (SSSR count). The molecular formula is C21H28N2O. The number of ether oxygens (including phenoxy) is 1. The van der Waals surface area contributed by atoms with Crippen LogP contribution in [0.25, 0.3) is 10.9 Å². The zero-order valence-electron chi connectivity index (χ0n) is 15.5. The monoisotopic (exact) mass is 324 g/mol. The number of pyridine rings is 1. The highest BCUT2D eigenvalue weighted by atomic mass is 16.5. The topological polar surface area (TPSA) is 25.4 Å². The molecule has 1 aromatic heterocycles. The lowest BCUT2D eigenvalue weighted by atomic mass is 9.65. The number of nitrogens with zero attached hydrogens (tertiary/aromatic N) is 2. The van der Waals surface area contributed by atoms with Gasteiger partial charge in [-0.2, -0.15) is 0 Å². The van der Waals surface area contributed by atoms with Crippen molar-refractivity contribution in [3.63, 3.8) is 0 Å². The van der Waals surface area contributed by atoms with Gasteiger partial charge in [-0.25, -0.2) is 4.98 Å². The molecule has 1 saturated carbocycles. The van der Waals surface area contributed by atoms with E-state index in [2.05, 4.69) is 44.7 Å². The van der Waals surface area contributed by atoms with Gasteiger partial charge in [0.2, 0.25) is 0 Å². The summed E-state index contributed by atoms with van der Waals surface area (Å²) in [5.41, 5.74) is 3.11. The number of aryl methyl sites for hydroxylation is 1. The van der Waals surface area contributed by atoms with E-state index in [4.69, 9.17) is 9.72 Å². The number of hydrogen-bond acceptors (Lipinski definition) is 3. The van der Waals surface area contributed by atoms with Crippen molar-refractivity contribution in [1.29, 1.82) is 0 Å². The molecule has 24 heavy (non-hydrogen) atoms. The van der Waals surface area contributed by atoms with Crippen LogP contribution in [0.15, 0.2) is 24.3 Å². The summed E-state index contributed by atoms with van der Waals surface area (Å²) >= 11 is 0. The van der Waals surface area contributed by atoms with Crippen LogP contribution in [0.5, 0.6) is 5.75 Å². The van der Waals surface area contributed by atoms with Gasteiger partial charge in [0.05, 0.1) is 7.11 Å². The first-order valence-electron chi connectivity index (χ1n) is 9.01. The molecule has 1 aliphatic heterocycles. The van der Waals surface area contributed by atoms with E-state index in [1.54, 1.807) is 7.11 Å². The average molecular weight is 324 g/mol. The van der Waals surface area contributed by atoms with Crippen LogP contribution in [-0.4, -0.2) is 24.7 Å². The van der Waals surface area contributed by atoms with Crippen LogP contribution in [0.4, 0.5) is 5.82 Å². The van der Waals surface area contributed by atoms with Crippen LogP contribution in [0.1, 0.15) is 45.6 Å². The fourth-order valence-corrected chi connectivity index (χ4v) is 5.41. The third kappa shape index (κ3) is 2.45. The van der Waals surface area contributed by atoms with Gasteiger partial charge in [0.1, 0.15) is 17.1 Å². The molecule has 3 heteroatoms.